The van der Waals surface area contributed by atoms with Gasteiger partial charge in [-0.2, -0.15) is 0 Å². The standard InChI is InChI=1S/C10H20N2O/c13-10-11-8-6-4-2-1-3-5-7-9-12-10/h1-9H2,(H2,11,12,13). The Kier molecular flexibility index (Phi) is 5.38. The van der Waals surface area contributed by atoms with Crippen molar-refractivity contribution in [2.75, 3.05) is 13.1 Å². The Morgan fingerprint density at radius 2 is 1.08 bits per heavy atom. The third-order valence-electron chi connectivity index (χ3n) is 2.42. The summed E-state index contributed by atoms with van der Waals surface area (Å²) in [5.74, 6) is 0. The van der Waals surface area contributed by atoms with Crippen molar-refractivity contribution in [3.8, 4) is 0 Å². The van der Waals surface area contributed by atoms with E-state index in [4.69, 9.17) is 0 Å². The highest BCUT2D eigenvalue weighted by atomic mass is 16.2. The number of nitrogens with one attached hydrogen (secondary N) is 2. The fourth-order valence-electron chi connectivity index (χ4n) is 1.60. The molecule has 1 aliphatic rings. The molecule has 2 N–H and O–H groups in total. The van der Waals surface area contributed by atoms with Gasteiger partial charge in [0, 0.05) is 13.1 Å². The Hall–Kier alpha value is -0.730. The summed E-state index contributed by atoms with van der Waals surface area (Å²) >= 11 is 0. The number of carbonyl (C=O) groups is 1. The van der Waals surface area contributed by atoms with Gasteiger partial charge in [-0.15, -0.1) is 0 Å². The summed E-state index contributed by atoms with van der Waals surface area (Å²) in [6.45, 7) is 1.65. The fourth-order valence-corrected chi connectivity index (χ4v) is 1.60. The second-order valence-electron chi connectivity index (χ2n) is 3.66. The van der Waals surface area contributed by atoms with Crippen LogP contribution in [0.4, 0.5) is 4.79 Å². The molecular weight excluding hydrogens is 164 g/mol. The summed E-state index contributed by atoms with van der Waals surface area (Å²) < 4.78 is 0. The molecule has 0 radical (unpaired) electrons. The molecule has 0 bridgehead atoms. The van der Waals surface area contributed by atoms with Crippen LogP contribution in [0.25, 0.3) is 0 Å². The number of rotatable bonds is 0. The van der Waals surface area contributed by atoms with Crippen molar-refractivity contribution in [1.29, 1.82) is 0 Å². The molecule has 0 aromatic carbocycles. The van der Waals surface area contributed by atoms with Gasteiger partial charge in [0.15, 0.2) is 0 Å². The van der Waals surface area contributed by atoms with Gasteiger partial charge < -0.3 is 10.6 Å². The van der Waals surface area contributed by atoms with E-state index in [0.717, 1.165) is 25.9 Å². The van der Waals surface area contributed by atoms with Crippen LogP contribution in [0.15, 0.2) is 0 Å². The Bertz CT molecular complexity index is 134. The Labute approximate surface area is 80.3 Å². The maximum atomic E-state index is 11.1. The van der Waals surface area contributed by atoms with Crippen LogP contribution in [-0.2, 0) is 0 Å². The SMILES string of the molecule is O=C1NCCCCCCCCCN1. The molecule has 3 nitrogen and oxygen atoms in total. The first-order valence-electron chi connectivity index (χ1n) is 5.41. The first-order chi connectivity index (χ1) is 6.39. The van der Waals surface area contributed by atoms with Gasteiger partial charge in [-0.25, -0.2) is 4.79 Å². The molecule has 0 saturated carbocycles. The largest absolute Gasteiger partial charge is 0.338 e. The van der Waals surface area contributed by atoms with Crippen molar-refractivity contribution in [3.63, 3.8) is 0 Å². The van der Waals surface area contributed by atoms with Crippen LogP contribution in [0, 0.1) is 0 Å². The van der Waals surface area contributed by atoms with Crippen molar-refractivity contribution >= 4 is 6.03 Å². The predicted molar refractivity (Wildman–Crippen MR) is 53.7 cm³/mol. The van der Waals surface area contributed by atoms with Crippen molar-refractivity contribution in [2.45, 2.75) is 44.9 Å². The van der Waals surface area contributed by atoms with E-state index in [-0.39, 0.29) is 6.03 Å². The topological polar surface area (TPSA) is 41.1 Å². The fraction of sp³-hybridized carbons (Fsp3) is 0.900. The van der Waals surface area contributed by atoms with Crippen molar-refractivity contribution < 1.29 is 4.79 Å². The molecule has 0 aromatic rings. The van der Waals surface area contributed by atoms with Gasteiger partial charge >= 0.3 is 6.03 Å². The van der Waals surface area contributed by atoms with E-state index >= 15 is 0 Å². The Morgan fingerprint density at radius 3 is 1.54 bits per heavy atom. The van der Waals surface area contributed by atoms with Gasteiger partial charge in [-0.1, -0.05) is 32.1 Å². The van der Waals surface area contributed by atoms with Crippen LogP contribution in [-0.4, -0.2) is 19.1 Å². The summed E-state index contributed by atoms with van der Waals surface area (Å²) in [7, 11) is 0. The Morgan fingerprint density at radius 1 is 0.692 bits per heavy atom. The zero-order chi connectivity index (χ0) is 9.36. The van der Waals surface area contributed by atoms with Crippen LogP contribution in [0.2, 0.25) is 0 Å². The van der Waals surface area contributed by atoms with Crippen LogP contribution in [0.3, 0.4) is 0 Å². The molecule has 0 aliphatic carbocycles. The van der Waals surface area contributed by atoms with Crippen LogP contribution >= 0.6 is 0 Å². The van der Waals surface area contributed by atoms with Crippen LogP contribution in [0.1, 0.15) is 44.9 Å². The zero-order valence-corrected chi connectivity index (χ0v) is 8.27. The molecule has 1 aliphatic heterocycles. The van der Waals surface area contributed by atoms with E-state index in [9.17, 15) is 4.79 Å². The lowest BCUT2D eigenvalue weighted by Crippen LogP contribution is -2.36. The molecular formula is C10H20N2O. The minimum Gasteiger partial charge on any atom is -0.338 e. The van der Waals surface area contributed by atoms with E-state index < -0.39 is 0 Å². The van der Waals surface area contributed by atoms with E-state index in [2.05, 4.69) is 10.6 Å². The molecule has 13 heavy (non-hydrogen) atoms. The summed E-state index contributed by atoms with van der Waals surface area (Å²) in [4.78, 5) is 11.1. The zero-order valence-electron chi connectivity index (χ0n) is 8.27. The second kappa shape index (κ2) is 6.75. The van der Waals surface area contributed by atoms with Gasteiger partial charge in [-0.3, -0.25) is 0 Å². The minimum atomic E-state index is 0.000531. The van der Waals surface area contributed by atoms with Crippen LogP contribution < -0.4 is 10.6 Å². The monoisotopic (exact) mass is 184 g/mol. The number of hydrogen-bond donors (Lipinski definition) is 2. The van der Waals surface area contributed by atoms with Gasteiger partial charge in [0.05, 0.1) is 0 Å². The van der Waals surface area contributed by atoms with Gasteiger partial charge in [0.1, 0.15) is 0 Å². The maximum absolute atomic E-state index is 11.1. The molecule has 1 fully saturated rings. The number of amides is 2. The highest BCUT2D eigenvalue weighted by Crippen LogP contribution is 2.06. The quantitative estimate of drug-likeness (QED) is 0.594. The lowest BCUT2D eigenvalue weighted by molar-refractivity contribution is 0.240. The summed E-state index contributed by atoms with van der Waals surface area (Å²) in [5, 5.41) is 5.70. The number of hydrogen-bond acceptors (Lipinski definition) is 1. The maximum Gasteiger partial charge on any atom is 0.314 e. The summed E-state index contributed by atoms with van der Waals surface area (Å²) in [5.41, 5.74) is 0. The van der Waals surface area contributed by atoms with Gasteiger partial charge in [0.2, 0.25) is 0 Å². The molecule has 1 saturated heterocycles. The first kappa shape index (κ1) is 10.4. The van der Waals surface area contributed by atoms with Gasteiger partial charge in [0.25, 0.3) is 0 Å². The number of urea groups is 1. The smallest absolute Gasteiger partial charge is 0.314 e. The van der Waals surface area contributed by atoms with E-state index in [0.29, 0.717) is 0 Å². The minimum absolute atomic E-state index is 0.000531. The number of carbonyl (C=O) groups excluding carboxylic acids is 1. The lowest BCUT2D eigenvalue weighted by atomic mass is 10.1. The van der Waals surface area contributed by atoms with Crippen molar-refractivity contribution in [1.82, 2.24) is 10.6 Å². The molecule has 76 valence electrons. The first-order valence-corrected chi connectivity index (χ1v) is 5.41. The third-order valence-corrected chi connectivity index (χ3v) is 2.42. The van der Waals surface area contributed by atoms with Gasteiger partial charge in [-0.05, 0) is 12.8 Å². The Balaban J connectivity index is 2.14. The lowest BCUT2D eigenvalue weighted by Gasteiger charge is -2.09. The average molecular weight is 184 g/mol. The summed E-state index contributed by atoms with van der Waals surface area (Å²) in [6, 6.07) is 0.000531. The third kappa shape index (κ3) is 5.50. The van der Waals surface area contributed by atoms with E-state index in [1.54, 1.807) is 0 Å². The molecule has 0 spiro atoms. The van der Waals surface area contributed by atoms with Crippen molar-refractivity contribution in [3.05, 3.63) is 0 Å². The molecule has 0 unspecified atom stereocenters. The normalized spacial score (nSPS) is 22.0. The van der Waals surface area contributed by atoms with Crippen molar-refractivity contribution in [2.24, 2.45) is 0 Å². The molecule has 1 heterocycles. The molecule has 1 rings (SSSR count). The van der Waals surface area contributed by atoms with Crippen LogP contribution in [0.5, 0.6) is 0 Å². The second-order valence-corrected chi connectivity index (χ2v) is 3.66. The molecule has 2 amide bonds. The van der Waals surface area contributed by atoms with E-state index in [1.165, 1.54) is 32.1 Å². The molecule has 0 atom stereocenters. The highest BCUT2D eigenvalue weighted by Gasteiger charge is 1.99. The molecule has 0 aromatic heterocycles. The average Bonchev–Trinajstić information content (AvgIpc) is 2.11. The summed E-state index contributed by atoms with van der Waals surface area (Å²) in [6.07, 6.45) is 8.74. The highest BCUT2D eigenvalue weighted by molar-refractivity contribution is 5.73. The molecule has 3 heteroatoms. The predicted octanol–water partition coefficient (Wildman–Crippen LogP) is 2.03. The van der Waals surface area contributed by atoms with E-state index in [1.807, 2.05) is 0 Å².